The third-order valence-electron chi connectivity index (χ3n) is 16.0. The Morgan fingerprint density at radius 1 is 0.324 bits per heavy atom. The van der Waals surface area contributed by atoms with Gasteiger partial charge in [-0.1, -0.05) is 226 Å². The van der Waals surface area contributed by atoms with Gasteiger partial charge in [0.15, 0.2) is 0 Å². The van der Waals surface area contributed by atoms with Gasteiger partial charge in [-0.2, -0.15) is 11.1 Å². The van der Waals surface area contributed by atoms with Crippen LogP contribution in [0.25, 0.3) is 66.8 Å². The zero-order valence-electron chi connectivity index (χ0n) is 44.2. The van der Waals surface area contributed by atoms with Crippen molar-refractivity contribution >= 4 is 23.6 Å². The normalized spacial score (nSPS) is 14.0. The summed E-state index contributed by atoms with van der Waals surface area (Å²) in [6.07, 6.45) is 4.46. The summed E-state index contributed by atoms with van der Waals surface area (Å²) in [5, 5.41) is 3.66. The molecule has 0 heterocycles. The summed E-state index contributed by atoms with van der Waals surface area (Å²) < 4.78 is 0. The van der Waals surface area contributed by atoms with Gasteiger partial charge >= 0.3 is 21.7 Å². The van der Waals surface area contributed by atoms with E-state index in [-0.39, 0.29) is 58.9 Å². The van der Waals surface area contributed by atoms with Crippen molar-refractivity contribution in [3.63, 3.8) is 0 Å². The molecular formula is C69H63Cl3SiTi. The van der Waals surface area contributed by atoms with Crippen LogP contribution in [0.3, 0.4) is 0 Å². The molecule has 74 heavy (non-hydrogen) atoms. The minimum atomic E-state index is -3.69. The van der Waals surface area contributed by atoms with Gasteiger partial charge in [0.2, 0.25) is 0 Å². The first-order chi connectivity index (χ1) is 33.9. The van der Waals surface area contributed by atoms with Crippen LogP contribution in [0.5, 0.6) is 0 Å². The summed E-state index contributed by atoms with van der Waals surface area (Å²) >= 11 is 0. The van der Waals surface area contributed by atoms with Crippen LogP contribution in [0, 0.1) is 47.6 Å². The first-order valence-corrected chi connectivity index (χ1v) is 26.9. The monoisotopic (exact) mass is 1070 g/mol. The van der Waals surface area contributed by atoms with Gasteiger partial charge in [-0.15, -0.1) is 6.92 Å². The first kappa shape index (κ1) is 57.5. The molecule has 1 aliphatic carbocycles. The van der Waals surface area contributed by atoms with Crippen LogP contribution in [-0.2, 0) is 21.7 Å². The number of hydrogen-bond donors (Lipinski definition) is 0. The van der Waals surface area contributed by atoms with Crippen LogP contribution in [0.4, 0.5) is 0 Å². The fraction of sp³-hybridized carbons (Fsp3) is 0.159. The van der Waals surface area contributed by atoms with E-state index in [1.54, 1.807) is 0 Å². The third-order valence-corrected chi connectivity index (χ3v) is 21.6. The van der Waals surface area contributed by atoms with Crippen LogP contribution in [0.15, 0.2) is 217 Å². The van der Waals surface area contributed by atoms with Gasteiger partial charge in [0.1, 0.15) is 8.07 Å². The number of rotatable bonds is 10. The Hall–Kier alpha value is -5.74. The predicted octanol–water partition coefficient (Wildman–Crippen LogP) is 7.88. The van der Waals surface area contributed by atoms with Gasteiger partial charge in [-0.25, -0.2) is 5.57 Å². The molecule has 0 saturated heterocycles. The molecule has 0 aliphatic heterocycles. The molecule has 5 heteroatoms. The minimum absolute atomic E-state index is 0. The maximum atomic E-state index is 4.46. The molecule has 0 spiro atoms. The molecule has 1 atom stereocenters. The quantitative estimate of drug-likeness (QED) is 0.0744. The van der Waals surface area contributed by atoms with Crippen molar-refractivity contribution < 1.29 is 58.9 Å². The van der Waals surface area contributed by atoms with Gasteiger partial charge in [0.05, 0.1) is 0 Å². The molecule has 0 bridgehead atoms. The Kier molecular flexibility index (Phi) is 18.2. The fourth-order valence-corrected chi connectivity index (χ4v) is 19.8. The van der Waals surface area contributed by atoms with Crippen molar-refractivity contribution in [2.45, 2.75) is 74.3 Å². The molecule has 0 fully saturated rings. The molecule has 0 saturated carbocycles. The van der Waals surface area contributed by atoms with E-state index >= 15 is 0 Å². The zero-order chi connectivity index (χ0) is 48.9. The molecule has 0 amide bonds. The van der Waals surface area contributed by atoms with E-state index in [1.165, 1.54) is 132 Å². The largest absolute Gasteiger partial charge is 4.00 e. The van der Waals surface area contributed by atoms with E-state index in [2.05, 4.69) is 276 Å². The smallest absolute Gasteiger partial charge is 1.00 e. The standard InChI is InChI=1S/C69H63Si.3ClH.Ti/c1-45-41-60(66(57-35-23-14-24-36-57)50(6)63(45)54-29-17-11-18-30-54)70(69(10)44-48(4)49(5)53(69)9,61-42-46(2)64(55-31-19-12-20-32-55)51(7)67(61)58-37-25-15-26-38-58)62-43-47(3)65(56-33-21-13-22-34-56)52(8)68(62)59-39-27-16-28-40-59;;;;/h11-43H,1-10H3;3*1H;/q-1;;;;+4/p-3. The molecule has 0 N–H and O–H groups in total. The molecule has 10 rings (SSSR count). The van der Waals surface area contributed by atoms with Gasteiger partial charge in [-0.3, -0.25) is 6.08 Å². The fourth-order valence-electron chi connectivity index (χ4n) is 12.8. The number of aryl methyl sites for hydroxylation is 3. The number of allylic oxidation sites excluding steroid dienone is 4. The summed E-state index contributed by atoms with van der Waals surface area (Å²) in [6, 6.07) is 75.1. The van der Waals surface area contributed by atoms with Crippen LogP contribution >= 0.6 is 0 Å². The molecule has 1 aliphatic rings. The molecule has 0 aromatic heterocycles. The van der Waals surface area contributed by atoms with Crippen molar-refractivity contribution in [3.8, 4) is 66.8 Å². The molecule has 368 valence electrons. The van der Waals surface area contributed by atoms with Crippen LogP contribution in [0.2, 0.25) is 5.04 Å². The molecule has 0 radical (unpaired) electrons. The van der Waals surface area contributed by atoms with E-state index in [0.717, 1.165) is 0 Å². The molecule has 9 aromatic rings. The molecule has 1 unspecified atom stereocenters. The SMILES string of the molecule is CC1=[C-]C(C)([Si](c2cc(C)c(-c3ccccc3)c(C)c2-c2ccccc2)(c2cc(C)c(-c3ccccc3)c(C)c2-c2ccccc2)c2cc(C)c(-c3ccccc3)c(C)c2-c2ccccc2)C(C)=C1C.[Cl-].[Cl-].[Cl-].[Ti+4]. The average Bonchev–Trinajstić information content (AvgIpc) is 3.57. The number of benzene rings is 9. The Morgan fingerprint density at radius 2 is 0.541 bits per heavy atom. The van der Waals surface area contributed by atoms with E-state index in [4.69, 9.17) is 0 Å². The van der Waals surface area contributed by atoms with Gasteiger partial charge in [0, 0.05) is 0 Å². The van der Waals surface area contributed by atoms with E-state index in [0.29, 0.717) is 0 Å². The van der Waals surface area contributed by atoms with E-state index < -0.39 is 13.1 Å². The number of halogens is 3. The van der Waals surface area contributed by atoms with Gasteiger partial charge in [0.25, 0.3) is 0 Å². The minimum Gasteiger partial charge on any atom is -1.00 e. The summed E-state index contributed by atoms with van der Waals surface area (Å²) in [6.45, 7) is 23.9. The third kappa shape index (κ3) is 9.51. The van der Waals surface area contributed by atoms with E-state index in [1.807, 2.05) is 0 Å². The summed E-state index contributed by atoms with van der Waals surface area (Å²) in [7, 11) is -3.69. The van der Waals surface area contributed by atoms with Crippen LogP contribution < -0.4 is 52.8 Å². The summed E-state index contributed by atoms with van der Waals surface area (Å²) in [5.41, 5.74) is 27.0. The first-order valence-electron chi connectivity index (χ1n) is 24.9. The van der Waals surface area contributed by atoms with Gasteiger partial charge < -0.3 is 37.2 Å². The maximum absolute atomic E-state index is 4.46. The maximum Gasteiger partial charge on any atom is 4.00 e. The van der Waals surface area contributed by atoms with Gasteiger partial charge in [-0.05, 0) is 157 Å². The molecule has 0 nitrogen and oxygen atoms in total. The Bertz CT molecular complexity index is 3170. The zero-order valence-corrected chi connectivity index (χ0v) is 49.0. The Morgan fingerprint density at radius 3 is 0.743 bits per heavy atom. The predicted molar refractivity (Wildman–Crippen MR) is 304 cm³/mol. The van der Waals surface area contributed by atoms with Crippen molar-refractivity contribution in [2.24, 2.45) is 0 Å². The second-order valence-corrected chi connectivity index (χ2v) is 24.0. The van der Waals surface area contributed by atoms with E-state index in [9.17, 15) is 0 Å². The van der Waals surface area contributed by atoms with Crippen molar-refractivity contribution in [2.75, 3.05) is 0 Å². The second-order valence-electron chi connectivity index (χ2n) is 19.9. The van der Waals surface area contributed by atoms with Crippen molar-refractivity contribution in [1.82, 2.24) is 0 Å². The van der Waals surface area contributed by atoms with Crippen LogP contribution in [-0.4, -0.2) is 8.07 Å². The van der Waals surface area contributed by atoms with Crippen LogP contribution in [0.1, 0.15) is 61.1 Å². The molecule has 9 aromatic carbocycles. The topological polar surface area (TPSA) is 0 Å². The Balaban J connectivity index is 0.00000223. The second kappa shape index (κ2) is 23.4. The molecular weight excluding hydrogens is 1010 g/mol. The van der Waals surface area contributed by atoms with Crippen molar-refractivity contribution in [1.29, 1.82) is 0 Å². The number of hydrogen-bond acceptors (Lipinski definition) is 0. The summed E-state index contributed by atoms with van der Waals surface area (Å²) in [4.78, 5) is 0. The summed E-state index contributed by atoms with van der Waals surface area (Å²) in [5.74, 6) is 0. The van der Waals surface area contributed by atoms with Crippen molar-refractivity contribution in [3.05, 3.63) is 256 Å². The average molecular weight is 1070 g/mol. The Labute approximate surface area is 476 Å².